The minimum absolute atomic E-state index is 0.118. The molecule has 0 aromatic heterocycles. The lowest BCUT2D eigenvalue weighted by Gasteiger charge is -2.10. The number of rotatable bonds is 6. The van der Waals surface area contributed by atoms with Gasteiger partial charge in [0.25, 0.3) is 0 Å². The van der Waals surface area contributed by atoms with E-state index in [4.69, 9.17) is 4.74 Å². The van der Waals surface area contributed by atoms with E-state index >= 15 is 0 Å². The van der Waals surface area contributed by atoms with Crippen molar-refractivity contribution in [1.29, 1.82) is 0 Å². The first-order valence-corrected chi connectivity index (χ1v) is 6.43. The highest BCUT2D eigenvalue weighted by Gasteiger charge is 2.11. The third kappa shape index (κ3) is 3.63. The molecular formula is C13H17BrO2. The van der Waals surface area contributed by atoms with Crippen molar-refractivity contribution in [3.8, 4) is 5.75 Å². The summed E-state index contributed by atoms with van der Waals surface area (Å²) in [6.07, 6.45) is 2.60. The largest absolute Gasteiger partial charge is 0.493 e. The van der Waals surface area contributed by atoms with Crippen LogP contribution in [0.2, 0.25) is 0 Å². The zero-order valence-corrected chi connectivity index (χ0v) is 11.3. The van der Waals surface area contributed by atoms with Crippen LogP contribution in [0.15, 0.2) is 22.7 Å². The van der Waals surface area contributed by atoms with Gasteiger partial charge in [-0.15, -0.1) is 0 Å². The molecule has 0 bridgehead atoms. The van der Waals surface area contributed by atoms with Crippen LogP contribution in [0.25, 0.3) is 0 Å². The number of ketones is 1. The van der Waals surface area contributed by atoms with Crippen molar-refractivity contribution in [3.05, 3.63) is 28.2 Å². The van der Waals surface area contributed by atoms with Gasteiger partial charge in [0.2, 0.25) is 0 Å². The smallest absolute Gasteiger partial charge is 0.166 e. The van der Waals surface area contributed by atoms with Crippen molar-refractivity contribution in [1.82, 2.24) is 0 Å². The molecule has 0 unspecified atom stereocenters. The van der Waals surface area contributed by atoms with Gasteiger partial charge < -0.3 is 4.74 Å². The molecule has 3 heteroatoms. The van der Waals surface area contributed by atoms with E-state index in [1.807, 2.05) is 25.1 Å². The lowest BCUT2D eigenvalue weighted by atomic mass is 10.1. The van der Waals surface area contributed by atoms with Gasteiger partial charge >= 0.3 is 0 Å². The molecule has 1 aromatic carbocycles. The number of carbonyl (C=O) groups excluding carboxylic acids is 1. The highest BCUT2D eigenvalue weighted by atomic mass is 79.9. The van der Waals surface area contributed by atoms with E-state index in [0.29, 0.717) is 24.3 Å². The van der Waals surface area contributed by atoms with E-state index in [2.05, 4.69) is 22.9 Å². The molecule has 0 N–H and O–H groups in total. The summed E-state index contributed by atoms with van der Waals surface area (Å²) in [5.74, 6) is 0.816. The fourth-order valence-electron chi connectivity index (χ4n) is 1.36. The maximum absolute atomic E-state index is 11.7. The first kappa shape index (κ1) is 13.2. The average Bonchev–Trinajstić information content (AvgIpc) is 2.30. The van der Waals surface area contributed by atoms with Crippen molar-refractivity contribution in [2.75, 3.05) is 6.61 Å². The molecule has 0 aliphatic carbocycles. The molecule has 1 rings (SSSR count). The molecule has 88 valence electrons. The number of Topliss-reactive ketones (excluding diaryl/α,β-unsaturated/α-hetero) is 1. The summed E-state index contributed by atoms with van der Waals surface area (Å²) in [7, 11) is 0. The molecule has 0 atom stereocenters. The van der Waals surface area contributed by atoms with Gasteiger partial charge in [0.1, 0.15) is 5.75 Å². The molecule has 0 saturated heterocycles. The number of halogens is 1. The summed E-state index contributed by atoms with van der Waals surface area (Å²) >= 11 is 3.37. The SMILES string of the molecule is CCCCOc1ccc(Br)cc1C(=O)CC. The molecule has 0 aliphatic rings. The summed E-state index contributed by atoms with van der Waals surface area (Å²) in [5, 5.41) is 0. The summed E-state index contributed by atoms with van der Waals surface area (Å²) in [5.41, 5.74) is 0.674. The molecular weight excluding hydrogens is 268 g/mol. The molecule has 0 amide bonds. The molecule has 0 heterocycles. The second-order valence-electron chi connectivity index (χ2n) is 3.62. The van der Waals surface area contributed by atoms with E-state index < -0.39 is 0 Å². The second-order valence-corrected chi connectivity index (χ2v) is 4.53. The summed E-state index contributed by atoms with van der Waals surface area (Å²) in [6, 6.07) is 5.57. The van der Waals surface area contributed by atoms with Gasteiger partial charge in [-0.1, -0.05) is 36.2 Å². The van der Waals surface area contributed by atoms with Crippen molar-refractivity contribution in [2.24, 2.45) is 0 Å². The molecule has 1 aromatic rings. The highest BCUT2D eigenvalue weighted by Crippen LogP contribution is 2.24. The number of ether oxygens (including phenoxy) is 1. The van der Waals surface area contributed by atoms with Crippen molar-refractivity contribution >= 4 is 21.7 Å². The van der Waals surface area contributed by atoms with Gasteiger partial charge in [0, 0.05) is 10.9 Å². The Morgan fingerprint density at radius 1 is 1.38 bits per heavy atom. The lowest BCUT2D eigenvalue weighted by molar-refractivity contribution is 0.0984. The van der Waals surface area contributed by atoms with Crippen LogP contribution in [-0.4, -0.2) is 12.4 Å². The van der Waals surface area contributed by atoms with Gasteiger partial charge in [-0.3, -0.25) is 4.79 Å². The second kappa shape index (κ2) is 6.69. The van der Waals surface area contributed by atoms with Crippen LogP contribution in [-0.2, 0) is 0 Å². The van der Waals surface area contributed by atoms with E-state index in [0.717, 1.165) is 17.3 Å². The number of benzene rings is 1. The van der Waals surface area contributed by atoms with Crippen LogP contribution in [0, 0.1) is 0 Å². The van der Waals surface area contributed by atoms with Gasteiger partial charge in [-0.05, 0) is 24.6 Å². The monoisotopic (exact) mass is 284 g/mol. The molecule has 0 fully saturated rings. The maximum Gasteiger partial charge on any atom is 0.166 e. The van der Waals surface area contributed by atoms with E-state index in [1.165, 1.54) is 0 Å². The predicted molar refractivity (Wildman–Crippen MR) is 69.2 cm³/mol. The highest BCUT2D eigenvalue weighted by molar-refractivity contribution is 9.10. The molecule has 0 saturated carbocycles. The Morgan fingerprint density at radius 2 is 2.12 bits per heavy atom. The minimum Gasteiger partial charge on any atom is -0.493 e. The average molecular weight is 285 g/mol. The number of hydrogen-bond donors (Lipinski definition) is 0. The van der Waals surface area contributed by atoms with Crippen LogP contribution in [0.3, 0.4) is 0 Å². The Labute approximate surface area is 105 Å². The normalized spacial score (nSPS) is 10.2. The number of hydrogen-bond acceptors (Lipinski definition) is 2. The zero-order chi connectivity index (χ0) is 12.0. The quantitative estimate of drug-likeness (QED) is 0.577. The molecule has 16 heavy (non-hydrogen) atoms. The van der Waals surface area contributed by atoms with E-state index in [1.54, 1.807) is 0 Å². The Bertz CT molecular complexity index is 361. The standard InChI is InChI=1S/C13H17BrO2/c1-3-5-8-16-13-7-6-10(14)9-11(13)12(15)4-2/h6-7,9H,3-5,8H2,1-2H3. The Balaban J connectivity index is 2.85. The first-order valence-electron chi connectivity index (χ1n) is 5.64. The molecule has 2 nitrogen and oxygen atoms in total. The van der Waals surface area contributed by atoms with Gasteiger partial charge in [0.05, 0.1) is 12.2 Å². The molecule has 0 aliphatic heterocycles. The number of unbranched alkanes of at least 4 members (excludes halogenated alkanes) is 1. The van der Waals surface area contributed by atoms with E-state index in [-0.39, 0.29) is 5.78 Å². The predicted octanol–water partition coefficient (Wildman–Crippen LogP) is 4.22. The summed E-state index contributed by atoms with van der Waals surface area (Å²) in [4.78, 5) is 11.7. The van der Waals surface area contributed by atoms with Crippen molar-refractivity contribution in [3.63, 3.8) is 0 Å². The third-order valence-electron chi connectivity index (χ3n) is 2.32. The van der Waals surface area contributed by atoms with Gasteiger partial charge in [-0.2, -0.15) is 0 Å². The Kier molecular flexibility index (Phi) is 5.53. The molecule has 0 radical (unpaired) electrons. The Hall–Kier alpha value is -0.830. The van der Waals surface area contributed by atoms with Crippen LogP contribution >= 0.6 is 15.9 Å². The summed E-state index contributed by atoms with van der Waals surface area (Å²) in [6.45, 7) is 4.64. The topological polar surface area (TPSA) is 26.3 Å². The Morgan fingerprint density at radius 3 is 2.75 bits per heavy atom. The fraction of sp³-hybridized carbons (Fsp3) is 0.462. The van der Waals surface area contributed by atoms with Gasteiger partial charge in [-0.25, -0.2) is 0 Å². The fourth-order valence-corrected chi connectivity index (χ4v) is 1.72. The lowest BCUT2D eigenvalue weighted by Crippen LogP contribution is -2.04. The van der Waals surface area contributed by atoms with Crippen LogP contribution in [0.4, 0.5) is 0 Å². The van der Waals surface area contributed by atoms with Crippen LogP contribution in [0.5, 0.6) is 5.75 Å². The minimum atomic E-state index is 0.118. The van der Waals surface area contributed by atoms with Crippen molar-refractivity contribution in [2.45, 2.75) is 33.1 Å². The maximum atomic E-state index is 11.7. The van der Waals surface area contributed by atoms with Crippen LogP contribution in [0.1, 0.15) is 43.5 Å². The third-order valence-corrected chi connectivity index (χ3v) is 2.81. The molecule has 0 spiro atoms. The van der Waals surface area contributed by atoms with Gasteiger partial charge in [0.15, 0.2) is 5.78 Å². The zero-order valence-electron chi connectivity index (χ0n) is 9.75. The van der Waals surface area contributed by atoms with Crippen LogP contribution < -0.4 is 4.74 Å². The van der Waals surface area contributed by atoms with Crippen molar-refractivity contribution < 1.29 is 9.53 Å². The van der Waals surface area contributed by atoms with E-state index in [9.17, 15) is 4.79 Å². The number of carbonyl (C=O) groups is 1. The first-order chi connectivity index (χ1) is 7.69. The summed E-state index contributed by atoms with van der Waals surface area (Å²) < 4.78 is 6.52.